The van der Waals surface area contributed by atoms with Gasteiger partial charge in [-0.15, -0.1) is 0 Å². The van der Waals surface area contributed by atoms with Gasteiger partial charge < -0.3 is 14.8 Å². The number of nitrogens with zero attached hydrogens (tertiary/aromatic N) is 1. The van der Waals surface area contributed by atoms with Crippen molar-refractivity contribution in [2.24, 2.45) is 0 Å². The zero-order valence-corrected chi connectivity index (χ0v) is 17.6. The Morgan fingerprint density at radius 2 is 1.96 bits per heavy atom. The molecule has 0 spiro atoms. The summed E-state index contributed by atoms with van der Waals surface area (Å²) < 4.78 is 10.5. The first-order chi connectivity index (χ1) is 13.5. The summed E-state index contributed by atoms with van der Waals surface area (Å²) in [6.07, 6.45) is 3.89. The van der Waals surface area contributed by atoms with E-state index in [9.17, 15) is 9.59 Å². The second-order valence-electron chi connectivity index (χ2n) is 6.40. The van der Waals surface area contributed by atoms with Crippen LogP contribution in [0.4, 0.5) is 0 Å². The molecule has 0 saturated heterocycles. The molecule has 0 fully saturated rings. The molecule has 1 aromatic heterocycles. The van der Waals surface area contributed by atoms with Gasteiger partial charge in [-0.1, -0.05) is 28.1 Å². The molecule has 2 unspecified atom stereocenters. The van der Waals surface area contributed by atoms with Crippen LogP contribution in [0.3, 0.4) is 0 Å². The summed E-state index contributed by atoms with van der Waals surface area (Å²) in [4.78, 5) is 28.5. The summed E-state index contributed by atoms with van der Waals surface area (Å²) in [6, 6.07) is 10.3. The molecule has 150 valence electrons. The van der Waals surface area contributed by atoms with Crippen molar-refractivity contribution in [3.05, 3.63) is 59.9 Å². The van der Waals surface area contributed by atoms with Crippen LogP contribution in [0.5, 0.6) is 5.75 Å². The van der Waals surface area contributed by atoms with E-state index in [4.69, 9.17) is 9.47 Å². The Hall–Kier alpha value is -2.25. The molecule has 28 heavy (non-hydrogen) atoms. The predicted molar refractivity (Wildman–Crippen MR) is 111 cm³/mol. The number of carbonyl (C=O) groups excluding carboxylic acids is 2. The average molecular weight is 449 g/mol. The summed E-state index contributed by atoms with van der Waals surface area (Å²) in [5.74, 6) is 0.395. The molecular weight excluding hydrogens is 424 g/mol. The third-order valence-electron chi connectivity index (χ3n) is 4.16. The quantitative estimate of drug-likeness (QED) is 0.323. The smallest absolute Gasteiger partial charge is 0.323 e. The zero-order valence-electron chi connectivity index (χ0n) is 16.1. The number of alkyl halides is 1. The number of ether oxygens (including phenoxy) is 2. The topological polar surface area (TPSA) is 77.5 Å². The normalized spacial score (nSPS) is 12.8. The van der Waals surface area contributed by atoms with Crippen molar-refractivity contribution < 1.29 is 19.1 Å². The lowest BCUT2D eigenvalue weighted by Crippen LogP contribution is -2.44. The van der Waals surface area contributed by atoms with Gasteiger partial charge in [0.1, 0.15) is 11.8 Å². The van der Waals surface area contributed by atoms with E-state index < -0.39 is 6.04 Å². The summed E-state index contributed by atoms with van der Waals surface area (Å²) in [5, 5.41) is 3.98. The predicted octanol–water partition coefficient (Wildman–Crippen LogP) is 3.19. The van der Waals surface area contributed by atoms with Crippen LogP contribution >= 0.6 is 15.9 Å². The lowest BCUT2D eigenvalue weighted by molar-refractivity contribution is -0.143. The van der Waals surface area contributed by atoms with Crippen molar-refractivity contribution >= 4 is 27.7 Å². The molecule has 0 aliphatic heterocycles. The number of hydrogen-bond acceptors (Lipinski definition) is 6. The minimum absolute atomic E-state index is 0.0231. The maximum Gasteiger partial charge on any atom is 0.323 e. The summed E-state index contributed by atoms with van der Waals surface area (Å²) in [6.45, 7) is 2.47. The lowest BCUT2D eigenvalue weighted by Gasteiger charge is -2.21. The number of carbonyl (C=O) groups is 2. The van der Waals surface area contributed by atoms with Gasteiger partial charge in [-0.25, -0.2) is 0 Å². The van der Waals surface area contributed by atoms with Crippen molar-refractivity contribution in [3.8, 4) is 5.75 Å². The van der Waals surface area contributed by atoms with Crippen LogP contribution in [-0.4, -0.2) is 47.9 Å². The van der Waals surface area contributed by atoms with Crippen LogP contribution in [0.2, 0.25) is 0 Å². The largest absolute Gasteiger partial charge is 0.493 e. The average Bonchev–Trinajstić information content (AvgIpc) is 2.72. The summed E-state index contributed by atoms with van der Waals surface area (Å²) in [7, 11) is 1.36. The van der Waals surface area contributed by atoms with Crippen LogP contribution in [-0.2, 0) is 16.0 Å². The molecule has 7 heteroatoms. The Morgan fingerprint density at radius 3 is 2.57 bits per heavy atom. The van der Waals surface area contributed by atoms with Crippen molar-refractivity contribution in [1.82, 2.24) is 10.3 Å². The van der Waals surface area contributed by atoms with E-state index in [1.165, 1.54) is 7.11 Å². The highest BCUT2D eigenvalue weighted by atomic mass is 79.9. The molecular formula is C21H25BrN2O4. The molecule has 0 aliphatic carbocycles. The fourth-order valence-electron chi connectivity index (χ4n) is 2.79. The molecule has 0 radical (unpaired) electrons. The third kappa shape index (κ3) is 7.05. The molecule has 2 rings (SSSR count). The number of aromatic nitrogens is 1. The molecule has 0 saturated carbocycles. The van der Waals surface area contributed by atoms with Crippen molar-refractivity contribution in [2.75, 3.05) is 19.0 Å². The van der Waals surface area contributed by atoms with Gasteiger partial charge in [-0.05, 0) is 43.2 Å². The minimum atomic E-state index is -0.545. The van der Waals surface area contributed by atoms with Crippen molar-refractivity contribution in [3.63, 3.8) is 0 Å². The van der Waals surface area contributed by atoms with Crippen LogP contribution < -0.4 is 10.1 Å². The highest BCUT2D eigenvalue weighted by Crippen LogP contribution is 2.15. The van der Waals surface area contributed by atoms with Gasteiger partial charge in [-0.2, -0.15) is 0 Å². The molecule has 0 aliphatic rings. The third-order valence-corrected chi connectivity index (χ3v) is 4.48. The number of Topliss-reactive ketones (excluding diaryl/α,β-unsaturated/α-hetero) is 1. The second-order valence-corrected chi connectivity index (χ2v) is 7.19. The van der Waals surface area contributed by atoms with E-state index in [1.54, 1.807) is 24.5 Å². The monoisotopic (exact) mass is 448 g/mol. The summed E-state index contributed by atoms with van der Waals surface area (Å²) in [5.41, 5.74) is 1.53. The van der Waals surface area contributed by atoms with Gasteiger partial charge in [0, 0.05) is 35.7 Å². The molecule has 1 N–H and O–H groups in total. The number of benzene rings is 1. The van der Waals surface area contributed by atoms with Crippen LogP contribution in [0.15, 0.2) is 48.8 Å². The first-order valence-electron chi connectivity index (χ1n) is 9.08. The first-order valence-corrected chi connectivity index (χ1v) is 10.2. The van der Waals surface area contributed by atoms with Crippen LogP contribution in [0.1, 0.15) is 29.3 Å². The maximum atomic E-state index is 12.3. The SMILES string of the molecule is COC(=O)C(Cc1ccc(OCCBr)cc1)NC(C)CC(=O)c1cccnc1. The number of pyridine rings is 1. The number of methoxy groups -OCH3 is 1. The van der Waals surface area contributed by atoms with E-state index in [2.05, 4.69) is 26.2 Å². The second kappa shape index (κ2) is 11.6. The maximum absolute atomic E-state index is 12.3. The van der Waals surface area contributed by atoms with Gasteiger partial charge in [0.2, 0.25) is 0 Å². The van der Waals surface area contributed by atoms with E-state index in [1.807, 2.05) is 31.2 Å². The highest BCUT2D eigenvalue weighted by molar-refractivity contribution is 9.09. The van der Waals surface area contributed by atoms with E-state index >= 15 is 0 Å². The Morgan fingerprint density at radius 1 is 1.21 bits per heavy atom. The number of nitrogens with one attached hydrogen (secondary N) is 1. The van der Waals surface area contributed by atoms with Gasteiger partial charge in [0.15, 0.2) is 5.78 Å². The van der Waals surface area contributed by atoms with Crippen molar-refractivity contribution in [1.29, 1.82) is 0 Å². The Bertz CT molecular complexity index is 753. The van der Waals surface area contributed by atoms with Crippen molar-refractivity contribution in [2.45, 2.75) is 31.8 Å². The number of rotatable bonds is 11. The van der Waals surface area contributed by atoms with Crippen LogP contribution in [0.25, 0.3) is 0 Å². The van der Waals surface area contributed by atoms with Gasteiger partial charge >= 0.3 is 5.97 Å². The van der Waals surface area contributed by atoms with E-state index in [0.717, 1.165) is 16.6 Å². The number of ketones is 1. The van der Waals surface area contributed by atoms with Crippen LogP contribution in [0, 0.1) is 0 Å². The van der Waals surface area contributed by atoms with Gasteiger partial charge in [0.25, 0.3) is 0 Å². The molecule has 6 nitrogen and oxygen atoms in total. The first kappa shape index (κ1) is 22.0. The van der Waals surface area contributed by atoms with E-state index in [0.29, 0.717) is 18.6 Å². The number of esters is 1. The van der Waals surface area contributed by atoms with Gasteiger partial charge in [-0.3, -0.25) is 14.6 Å². The molecule has 2 atom stereocenters. The highest BCUT2D eigenvalue weighted by Gasteiger charge is 2.23. The zero-order chi connectivity index (χ0) is 20.4. The fourth-order valence-corrected chi connectivity index (χ4v) is 2.95. The Labute approximate surface area is 173 Å². The number of hydrogen-bond donors (Lipinski definition) is 1. The fraction of sp³-hybridized carbons (Fsp3) is 0.381. The molecule has 1 aromatic carbocycles. The lowest BCUT2D eigenvalue weighted by atomic mass is 10.0. The molecule has 0 bridgehead atoms. The minimum Gasteiger partial charge on any atom is -0.493 e. The number of halogens is 1. The standard InChI is InChI=1S/C21H25BrN2O4/c1-15(12-20(25)17-4-3-10-23-14-17)24-19(21(26)27-2)13-16-5-7-18(8-6-16)28-11-9-22/h3-8,10,14-15,19,24H,9,11-13H2,1-2H3. The summed E-state index contributed by atoms with van der Waals surface area (Å²) >= 11 is 3.32. The Kier molecular flexibility index (Phi) is 9.10. The van der Waals surface area contributed by atoms with Gasteiger partial charge in [0.05, 0.1) is 13.7 Å². The molecule has 0 amide bonds. The Balaban J connectivity index is 1.97. The molecule has 2 aromatic rings. The molecule has 1 heterocycles. The van der Waals surface area contributed by atoms with E-state index in [-0.39, 0.29) is 24.2 Å².